The molecular weight excluding hydrogens is 292 g/mol. The fraction of sp³-hybridized carbons (Fsp3) is 0.0455. The molecule has 2 heteroatoms. The van der Waals surface area contributed by atoms with Crippen molar-refractivity contribution >= 4 is 38.0 Å². The largest absolute Gasteiger partial charge is 0.386 e. The van der Waals surface area contributed by atoms with Crippen LogP contribution in [0, 0.1) is 0 Å². The molecule has 1 N–H and O–H groups in total. The Kier molecular flexibility index (Phi) is 2.74. The molecule has 0 atom stereocenters. The third-order valence-corrected chi connectivity index (χ3v) is 4.86. The zero-order chi connectivity index (χ0) is 16.1. The van der Waals surface area contributed by atoms with E-state index in [1.54, 1.807) is 0 Å². The van der Waals surface area contributed by atoms with E-state index in [1.807, 2.05) is 19.3 Å². The number of hydrogen-bond donors (Lipinski definition) is 1. The van der Waals surface area contributed by atoms with Crippen molar-refractivity contribution in [3.05, 3.63) is 72.9 Å². The van der Waals surface area contributed by atoms with Crippen LogP contribution < -0.4 is 5.32 Å². The topological polar surface area (TPSA) is 24.9 Å². The second-order valence-electron chi connectivity index (χ2n) is 6.12. The Bertz CT molecular complexity index is 1170. The molecule has 0 aliphatic heterocycles. The normalized spacial score (nSPS) is 11.5. The van der Waals surface area contributed by atoms with Gasteiger partial charge in [-0.25, -0.2) is 0 Å². The van der Waals surface area contributed by atoms with Gasteiger partial charge in [0.15, 0.2) is 0 Å². The minimum Gasteiger partial charge on any atom is -0.386 e. The molecule has 1 aromatic heterocycles. The van der Waals surface area contributed by atoms with E-state index < -0.39 is 0 Å². The molecular formula is C22H16N2. The van der Waals surface area contributed by atoms with Gasteiger partial charge in [0.05, 0.1) is 11.4 Å². The lowest BCUT2D eigenvalue weighted by Gasteiger charge is -2.15. The molecule has 0 radical (unpaired) electrons. The number of hydrogen-bond acceptors (Lipinski definition) is 2. The van der Waals surface area contributed by atoms with Gasteiger partial charge >= 0.3 is 0 Å². The van der Waals surface area contributed by atoms with Gasteiger partial charge in [-0.15, -0.1) is 0 Å². The first-order valence-electron chi connectivity index (χ1n) is 8.16. The predicted molar refractivity (Wildman–Crippen MR) is 103 cm³/mol. The van der Waals surface area contributed by atoms with Crippen LogP contribution in [0.5, 0.6) is 0 Å². The Hall–Kier alpha value is -3.13. The van der Waals surface area contributed by atoms with E-state index in [0.29, 0.717) is 0 Å². The maximum absolute atomic E-state index is 4.64. The maximum atomic E-state index is 4.64. The SMILES string of the molecule is CNc1cccnc1-c1ccc2ccc3cccc4ccc1c2c34. The second-order valence-corrected chi connectivity index (χ2v) is 6.12. The molecule has 5 aromatic rings. The number of benzene rings is 4. The Balaban J connectivity index is 1.98. The van der Waals surface area contributed by atoms with Gasteiger partial charge in [0, 0.05) is 18.8 Å². The van der Waals surface area contributed by atoms with Crippen LogP contribution in [-0.4, -0.2) is 12.0 Å². The van der Waals surface area contributed by atoms with Gasteiger partial charge in [-0.05, 0) is 44.5 Å². The fourth-order valence-corrected chi connectivity index (χ4v) is 3.76. The number of aromatic nitrogens is 1. The van der Waals surface area contributed by atoms with Gasteiger partial charge in [-0.2, -0.15) is 0 Å². The summed E-state index contributed by atoms with van der Waals surface area (Å²) in [6.07, 6.45) is 1.86. The minimum atomic E-state index is 0.998. The lowest BCUT2D eigenvalue weighted by atomic mass is 9.91. The zero-order valence-electron chi connectivity index (χ0n) is 13.4. The molecule has 24 heavy (non-hydrogen) atoms. The third kappa shape index (κ3) is 1.74. The second kappa shape index (κ2) is 4.93. The summed E-state index contributed by atoms with van der Waals surface area (Å²) < 4.78 is 0. The summed E-state index contributed by atoms with van der Waals surface area (Å²) in [5.41, 5.74) is 3.22. The van der Waals surface area contributed by atoms with Crippen molar-refractivity contribution in [3.8, 4) is 11.3 Å². The van der Waals surface area contributed by atoms with Crippen LogP contribution in [0.2, 0.25) is 0 Å². The highest BCUT2D eigenvalue weighted by atomic mass is 14.9. The molecule has 0 fully saturated rings. The maximum Gasteiger partial charge on any atom is 0.0939 e. The molecule has 0 saturated carbocycles. The van der Waals surface area contributed by atoms with Crippen LogP contribution in [-0.2, 0) is 0 Å². The molecule has 0 unspecified atom stereocenters. The van der Waals surface area contributed by atoms with Crippen molar-refractivity contribution in [1.29, 1.82) is 0 Å². The molecule has 0 aliphatic rings. The van der Waals surface area contributed by atoms with E-state index in [0.717, 1.165) is 11.4 Å². The van der Waals surface area contributed by atoms with Gasteiger partial charge in [0.2, 0.25) is 0 Å². The lowest BCUT2D eigenvalue weighted by molar-refractivity contribution is 1.32. The Morgan fingerprint density at radius 3 is 2.21 bits per heavy atom. The first-order valence-corrected chi connectivity index (χ1v) is 8.16. The molecule has 2 nitrogen and oxygen atoms in total. The highest BCUT2D eigenvalue weighted by Crippen LogP contribution is 2.39. The summed E-state index contributed by atoms with van der Waals surface area (Å²) in [6, 6.07) is 23.8. The summed E-state index contributed by atoms with van der Waals surface area (Å²) in [7, 11) is 1.94. The van der Waals surface area contributed by atoms with Crippen molar-refractivity contribution in [2.45, 2.75) is 0 Å². The number of rotatable bonds is 2. The molecule has 0 saturated heterocycles. The van der Waals surface area contributed by atoms with E-state index in [2.05, 4.69) is 71.0 Å². The van der Waals surface area contributed by atoms with Gasteiger partial charge in [-0.3, -0.25) is 4.98 Å². The lowest BCUT2D eigenvalue weighted by Crippen LogP contribution is -1.95. The smallest absolute Gasteiger partial charge is 0.0939 e. The predicted octanol–water partition coefficient (Wildman–Crippen LogP) is 5.69. The molecule has 1 heterocycles. The van der Waals surface area contributed by atoms with Crippen molar-refractivity contribution in [3.63, 3.8) is 0 Å². The molecule has 0 amide bonds. The number of anilines is 1. The van der Waals surface area contributed by atoms with Gasteiger partial charge in [-0.1, -0.05) is 54.6 Å². The minimum absolute atomic E-state index is 0.998. The highest BCUT2D eigenvalue weighted by Gasteiger charge is 2.14. The van der Waals surface area contributed by atoms with Crippen molar-refractivity contribution in [1.82, 2.24) is 4.98 Å². The average molecular weight is 308 g/mol. The Morgan fingerprint density at radius 1 is 0.708 bits per heavy atom. The van der Waals surface area contributed by atoms with Crippen LogP contribution in [0.4, 0.5) is 5.69 Å². The van der Waals surface area contributed by atoms with Gasteiger partial charge in [0.25, 0.3) is 0 Å². The highest BCUT2D eigenvalue weighted by molar-refractivity contribution is 6.25. The van der Waals surface area contributed by atoms with Crippen molar-refractivity contribution < 1.29 is 0 Å². The third-order valence-electron chi connectivity index (χ3n) is 4.86. The Morgan fingerprint density at radius 2 is 1.42 bits per heavy atom. The summed E-state index contributed by atoms with van der Waals surface area (Å²) in [5, 5.41) is 11.0. The van der Waals surface area contributed by atoms with Crippen LogP contribution in [0.25, 0.3) is 43.6 Å². The van der Waals surface area contributed by atoms with E-state index in [1.165, 1.54) is 37.9 Å². The fourth-order valence-electron chi connectivity index (χ4n) is 3.76. The quantitative estimate of drug-likeness (QED) is 0.424. The average Bonchev–Trinajstić information content (AvgIpc) is 2.66. The molecule has 114 valence electrons. The van der Waals surface area contributed by atoms with E-state index >= 15 is 0 Å². The standard InChI is InChI=1S/C22H16N2/c1-23-19-6-3-13-24-22(19)18-12-10-16-8-7-14-4-2-5-15-9-11-17(18)21(16)20(14)15/h2-13,23H,1H3. The van der Waals surface area contributed by atoms with E-state index in [-0.39, 0.29) is 0 Å². The summed E-state index contributed by atoms with van der Waals surface area (Å²) >= 11 is 0. The molecule has 0 bridgehead atoms. The summed E-state index contributed by atoms with van der Waals surface area (Å²) in [5.74, 6) is 0. The van der Waals surface area contributed by atoms with Crippen LogP contribution >= 0.6 is 0 Å². The number of nitrogens with zero attached hydrogens (tertiary/aromatic N) is 1. The molecule has 0 spiro atoms. The van der Waals surface area contributed by atoms with Crippen molar-refractivity contribution in [2.24, 2.45) is 0 Å². The van der Waals surface area contributed by atoms with Gasteiger partial charge < -0.3 is 5.32 Å². The molecule has 4 aromatic carbocycles. The molecule has 5 rings (SSSR count). The first kappa shape index (κ1) is 13.3. The first-order chi connectivity index (χ1) is 11.9. The van der Waals surface area contributed by atoms with Crippen molar-refractivity contribution in [2.75, 3.05) is 12.4 Å². The number of pyridine rings is 1. The van der Waals surface area contributed by atoms with Crippen LogP contribution in [0.1, 0.15) is 0 Å². The van der Waals surface area contributed by atoms with E-state index in [9.17, 15) is 0 Å². The molecule has 0 aliphatic carbocycles. The monoisotopic (exact) mass is 308 g/mol. The Labute approximate surface area is 140 Å². The zero-order valence-corrected chi connectivity index (χ0v) is 13.4. The van der Waals surface area contributed by atoms with Crippen LogP contribution in [0.15, 0.2) is 72.9 Å². The van der Waals surface area contributed by atoms with E-state index in [4.69, 9.17) is 0 Å². The van der Waals surface area contributed by atoms with Gasteiger partial charge in [0.1, 0.15) is 0 Å². The summed E-state index contributed by atoms with van der Waals surface area (Å²) in [4.78, 5) is 4.64. The van der Waals surface area contributed by atoms with Crippen LogP contribution in [0.3, 0.4) is 0 Å². The summed E-state index contributed by atoms with van der Waals surface area (Å²) in [6.45, 7) is 0. The number of nitrogens with one attached hydrogen (secondary N) is 1.